The van der Waals surface area contributed by atoms with Crippen LogP contribution >= 0.6 is 0 Å². The molecular weight excluding hydrogens is 266 g/mol. The molecule has 0 aliphatic heterocycles. The summed E-state index contributed by atoms with van der Waals surface area (Å²) in [5.41, 5.74) is 3.98. The van der Waals surface area contributed by atoms with Gasteiger partial charge in [-0.15, -0.1) is 0 Å². The Morgan fingerprint density at radius 1 is 1.10 bits per heavy atom. The maximum atomic E-state index is 12.4. The summed E-state index contributed by atoms with van der Waals surface area (Å²) in [6.45, 7) is 5.87. The number of hydrogen-bond donors (Lipinski definition) is 2. The fourth-order valence-corrected chi connectivity index (χ4v) is 2.79. The molecule has 1 amide bonds. The van der Waals surface area contributed by atoms with Crippen molar-refractivity contribution in [2.24, 2.45) is 11.8 Å². The molecular formula is C17H21NO3. The molecule has 1 aliphatic carbocycles. The second kappa shape index (κ2) is 6.12. The molecule has 2 atom stereocenters. The monoisotopic (exact) mass is 287 g/mol. The number of carbonyl (C=O) groups excluding carboxylic acids is 1. The molecule has 0 fully saturated rings. The lowest BCUT2D eigenvalue weighted by Crippen LogP contribution is -2.36. The minimum absolute atomic E-state index is 0.208. The van der Waals surface area contributed by atoms with Gasteiger partial charge in [-0.05, 0) is 51.3 Å². The molecule has 1 aromatic carbocycles. The molecule has 4 nitrogen and oxygen atoms in total. The molecule has 4 heteroatoms. The predicted molar refractivity (Wildman–Crippen MR) is 82.0 cm³/mol. The summed E-state index contributed by atoms with van der Waals surface area (Å²) in [7, 11) is 0. The van der Waals surface area contributed by atoms with Crippen LogP contribution in [-0.2, 0) is 9.59 Å². The standard InChI is InChI=1S/C17H21NO3/c1-10-5-4-6-13(7-10)18-16(19)14-8-11(2)12(3)9-15(14)17(20)21/h4-7,14-15H,8-9H2,1-3H3,(H,18,19)(H,20,21)/t14-,15-/m1/s1. The molecule has 1 aromatic rings. The Kier molecular flexibility index (Phi) is 4.46. The first-order valence-corrected chi connectivity index (χ1v) is 7.14. The molecule has 2 N–H and O–H groups in total. The van der Waals surface area contributed by atoms with E-state index in [1.165, 1.54) is 0 Å². The van der Waals surface area contributed by atoms with E-state index in [-0.39, 0.29) is 5.91 Å². The van der Waals surface area contributed by atoms with Gasteiger partial charge in [-0.2, -0.15) is 0 Å². The number of carboxylic acids is 1. The van der Waals surface area contributed by atoms with Gasteiger partial charge in [0.1, 0.15) is 0 Å². The fraction of sp³-hybridized carbons (Fsp3) is 0.412. The molecule has 0 unspecified atom stereocenters. The van der Waals surface area contributed by atoms with Crippen LogP contribution in [0.1, 0.15) is 32.3 Å². The molecule has 1 aliphatic rings. The highest BCUT2D eigenvalue weighted by molar-refractivity contribution is 5.95. The maximum Gasteiger partial charge on any atom is 0.307 e. The van der Waals surface area contributed by atoms with Gasteiger partial charge in [0.05, 0.1) is 11.8 Å². The van der Waals surface area contributed by atoms with Gasteiger partial charge in [-0.1, -0.05) is 23.3 Å². The summed E-state index contributed by atoms with van der Waals surface area (Å²) in [6.07, 6.45) is 0.966. The molecule has 2 rings (SSSR count). The molecule has 0 heterocycles. The number of aryl methyl sites for hydroxylation is 1. The van der Waals surface area contributed by atoms with Gasteiger partial charge in [-0.3, -0.25) is 9.59 Å². The lowest BCUT2D eigenvalue weighted by molar-refractivity contribution is -0.146. The van der Waals surface area contributed by atoms with Crippen LogP contribution in [0, 0.1) is 18.8 Å². The molecule has 0 radical (unpaired) electrons. The third-order valence-electron chi connectivity index (χ3n) is 4.21. The fourth-order valence-electron chi connectivity index (χ4n) is 2.79. The number of anilines is 1. The number of hydrogen-bond acceptors (Lipinski definition) is 2. The highest BCUT2D eigenvalue weighted by Crippen LogP contribution is 2.35. The van der Waals surface area contributed by atoms with E-state index in [4.69, 9.17) is 0 Å². The molecule has 112 valence electrons. The molecule has 0 aromatic heterocycles. The van der Waals surface area contributed by atoms with E-state index in [0.717, 1.165) is 16.7 Å². The number of rotatable bonds is 3. The van der Waals surface area contributed by atoms with Crippen LogP contribution in [0.25, 0.3) is 0 Å². The number of aliphatic carboxylic acids is 1. The number of benzene rings is 1. The lowest BCUT2D eigenvalue weighted by Gasteiger charge is -2.29. The summed E-state index contributed by atoms with van der Waals surface area (Å²) in [5, 5.41) is 12.2. The van der Waals surface area contributed by atoms with E-state index in [9.17, 15) is 14.7 Å². The van der Waals surface area contributed by atoms with Gasteiger partial charge in [0.25, 0.3) is 0 Å². The average molecular weight is 287 g/mol. The van der Waals surface area contributed by atoms with Crippen LogP contribution in [0.15, 0.2) is 35.4 Å². The summed E-state index contributed by atoms with van der Waals surface area (Å²) in [5.74, 6) is -2.25. The SMILES string of the molecule is CC1=C(C)C[C@@H](C(=O)Nc2cccc(C)c2)[C@H](C(=O)O)C1. The first-order valence-electron chi connectivity index (χ1n) is 7.14. The highest BCUT2D eigenvalue weighted by Gasteiger charge is 2.37. The molecule has 21 heavy (non-hydrogen) atoms. The van der Waals surface area contributed by atoms with Gasteiger partial charge in [0.2, 0.25) is 5.91 Å². The van der Waals surface area contributed by atoms with Crippen LogP contribution < -0.4 is 5.32 Å². The van der Waals surface area contributed by atoms with Crippen LogP contribution in [-0.4, -0.2) is 17.0 Å². The largest absolute Gasteiger partial charge is 0.481 e. The van der Waals surface area contributed by atoms with E-state index >= 15 is 0 Å². The number of amides is 1. The van der Waals surface area contributed by atoms with Crippen molar-refractivity contribution in [3.05, 3.63) is 41.0 Å². The van der Waals surface area contributed by atoms with Crippen molar-refractivity contribution in [3.63, 3.8) is 0 Å². The Hall–Kier alpha value is -2.10. The first-order chi connectivity index (χ1) is 9.88. The second-order valence-corrected chi connectivity index (χ2v) is 5.88. The Bertz CT molecular complexity index is 604. The zero-order chi connectivity index (χ0) is 15.6. The minimum Gasteiger partial charge on any atom is -0.481 e. The van der Waals surface area contributed by atoms with E-state index in [1.54, 1.807) is 0 Å². The Labute approximate surface area is 124 Å². The van der Waals surface area contributed by atoms with E-state index in [0.29, 0.717) is 18.5 Å². The van der Waals surface area contributed by atoms with Gasteiger partial charge in [0, 0.05) is 5.69 Å². The number of nitrogens with one attached hydrogen (secondary N) is 1. The minimum atomic E-state index is -0.897. The van der Waals surface area contributed by atoms with Crippen molar-refractivity contribution in [3.8, 4) is 0 Å². The lowest BCUT2D eigenvalue weighted by atomic mass is 9.76. The van der Waals surface area contributed by atoms with Crippen molar-refractivity contribution < 1.29 is 14.7 Å². The Morgan fingerprint density at radius 2 is 1.71 bits per heavy atom. The first kappa shape index (κ1) is 15.3. The van der Waals surface area contributed by atoms with Crippen molar-refractivity contribution in [1.29, 1.82) is 0 Å². The summed E-state index contributed by atoms with van der Waals surface area (Å²) >= 11 is 0. The Balaban J connectivity index is 2.18. The maximum absolute atomic E-state index is 12.4. The summed E-state index contributed by atoms with van der Waals surface area (Å²) < 4.78 is 0. The molecule has 0 saturated carbocycles. The van der Waals surface area contributed by atoms with Crippen LogP contribution in [0.2, 0.25) is 0 Å². The second-order valence-electron chi connectivity index (χ2n) is 5.88. The van der Waals surface area contributed by atoms with Crippen molar-refractivity contribution in [2.45, 2.75) is 33.6 Å². The van der Waals surface area contributed by atoms with Crippen LogP contribution in [0.4, 0.5) is 5.69 Å². The van der Waals surface area contributed by atoms with Gasteiger partial charge in [-0.25, -0.2) is 0 Å². The topological polar surface area (TPSA) is 66.4 Å². The number of allylic oxidation sites excluding steroid dienone is 2. The zero-order valence-corrected chi connectivity index (χ0v) is 12.6. The smallest absolute Gasteiger partial charge is 0.307 e. The quantitative estimate of drug-likeness (QED) is 0.837. The van der Waals surface area contributed by atoms with Crippen LogP contribution in [0.5, 0.6) is 0 Å². The van der Waals surface area contributed by atoms with Crippen molar-refractivity contribution in [1.82, 2.24) is 0 Å². The summed E-state index contributed by atoms with van der Waals surface area (Å²) in [4.78, 5) is 23.9. The van der Waals surface area contributed by atoms with Gasteiger partial charge in [0.15, 0.2) is 0 Å². The Morgan fingerprint density at radius 3 is 2.29 bits per heavy atom. The number of carboxylic acid groups (broad SMARTS) is 1. The highest BCUT2D eigenvalue weighted by atomic mass is 16.4. The van der Waals surface area contributed by atoms with E-state index < -0.39 is 17.8 Å². The average Bonchev–Trinajstić information content (AvgIpc) is 2.41. The third kappa shape index (κ3) is 3.51. The van der Waals surface area contributed by atoms with Crippen LogP contribution in [0.3, 0.4) is 0 Å². The van der Waals surface area contributed by atoms with Crippen molar-refractivity contribution >= 4 is 17.6 Å². The number of carbonyl (C=O) groups is 2. The predicted octanol–water partition coefficient (Wildman–Crippen LogP) is 3.38. The molecule has 0 spiro atoms. The molecule has 0 saturated heterocycles. The van der Waals surface area contributed by atoms with Crippen molar-refractivity contribution in [2.75, 3.05) is 5.32 Å². The van der Waals surface area contributed by atoms with E-state index in [2.05, 4.69) is 5.32 Å². The van der Waals surface area contributed by atoms with E-state index in [1.807, 2.05) is 45.0 Å². The van der Waals surface area contributed by atoms with Gasteiger partial charge >= 0.3 is 5.97 Å². The zero-order valence-electron chi connectivity index (χ0n) is 12.6. The summed E-state index contributed by atoms with van der Waals surface area (Å²) in [6, 6.07) is 7.52. The molecule has 0 bridgehead atoms. The normalized spacial score (nSPS) is 22.0. The van der Waals surface area contributed by atoms with Gasteiger partial charge < -0.3 is 10.4 Å². The third-order valence-corrected chi connectivity index (χ3v) is 4.21.